The maximum atomic E-state index is 12.1. The number of ether oxygens (including phenoxy) is 2. The Morgan fingerprint density at radius 1 is 1.50 bits per heavy atom. The highest BCUT2D eigenvalue weighted by Crippen LogP contribution is 2.17. The van der Waals surface area contributed by atoms with Crippen LogP contribution in [-0.2, 0) is 16.0 Å². The van der Waals surface area contributed by atoms with Crippen LogP contribution in [0.1, 0.15) is 32.3 Å². The van der Waals surface area contributed by atoms with Gasteiger partial charge in [0.15, 0.2) is 0 Å². The molecule has 1 aliphatic heterocycles. The summed E-state index contributed by atoms with van der Waals surface area (Å²) in [5, 5.41) is 3.41. The number of likely N-dealkylation sites (tertiary alicyclic amines) is 1. The molecule has 0 spiro atoms. The van der Waals surface area contributed by atoms with Gasteiger partial charge in [-0.3, -0.25) is 0 Å². The van der Waals surface area contributed by atoms with Gasteiger partial charge in [-0.25, -0.2) is 9.78 Å². The van der Waals surface area contributed by atoms with Crippen molar-refractivity contribution >= 4 is 6.09 Å². The molecule has 1 aliphatic rings. The zero-order valence-electron chi connectivity index (χ0n) is 14.0. The Balaban J connectivity index is 1.90. The summed E-state index contributed by atoms with van der Waals surface area (Å²) in [6.45, 7) is 9.28. The van der Waals surface area contributed by atoms with Crippen LogP contribution in [0.4, 0.5) is 4.79 Å². The van der Waals surface area contributed by atoms with Gasteiger partial charge in [0, 0.05) is 32.1 Å². The topological polar surface area (TPSA) is 79.5 Å². The zero-order chi connectivity index (χ0) is 16.3. The molecule has 1 saturated heterocycles. The fraction of sp³-hybridized carbons (Fsp3) is 0.733. The number of hydrogen-bond donors (Lipinski definition) is 2. The number of rotatable bonds is 4. The van der Waals surface area contributed by atoms with E-state index in [-0.39, 0.29) is 18.2 Å². The lowest BCUT2D eigenvalue weighted by Crippen LogP contribution is -2.40. The van der Waals surface area contributed by atoms with Gasteiger partial charge in [-0.1, -0.05) is 0 Å². The van der Waals surface area contributed by atoms with Crippen molar-refractivity contribution in [2.75, 3.05) is 20.2 Å². The summed E-state index contributed by atoms with van der Waals surface area (Å²) in [5.41, 5.74) is 0.529. The highest BCUT2D eigenvalue weighted by atomic mass is 16.6. The van der Waals surface area contributed by atoms with Crippen LogP contribution in [-0.4, -0.2) is 58.9 Å². The first kappa shape index (κ1) is 16.8. The van der Waals surface area contributed by atoms with Crippen molar-refractivity contribution in [1.82, 2.24) is 20.2 Å². The molecule has 0 radical (unpaired) electrons. The maximum Gasteiger partial charge on any atom is 0.410 e. The third-order valence-electron chi connectivity index (χ3n) is 3.53. The fourth-order valence-electron chi connectivity index (χ4n) is 2.49. The number of carbonyl (C=O) groups excluding carboxylic acids is 1. The summed E-state index contributed by atoms with van der Waals surface area (Å²) in [6.07, 6.45) is 1.47. The molecule has 0 aliphatic carbocycles. The predicted octanol–water partition coefficient (Wildman–Crippen LogP) is 1.44. The predicted molar refractivity (Wildman–Crippen MR) is 82.6 cm³/mol. The Morgan fingerprint density at radius 3 is 2.77 bits per heavy atom. The highest BCUT2D eigenvalue weighted by Gasteiger charge is 2.37. The number of carbonyl (C=O) groups is 1. The van der Waals surface area contributed by atoms with Crippen molar-refractivity contribution in [2.45, 2.75) is 52.0 Å². The van der Waals surface area contributed by atoms with Crippen LogP contribution in [0, 0.1) is 6.92 Å². The zero-order valence-corrected chi connectivity index (χ0v) is 14.0. The van der Waals surface area contributed by atoms with E-state index in [4.69, 9.17) is 9.47 Å². The smallest absolute Gasteiger partial charge is 0.410 e. The minimum atomic E-state index is -0.487. The molecule has 1 aromatic heterocycles. The van der Waals surface area contributed by atoms with Gasteiger partial charge >= 0.3 is 6.09 Å². The average molecular weight is 310 g/mol. The standard InChI is InChI=1S/C15H26N4O3/c1-10-16-6-11(18-10)7-17-12-8-19(9-13(12)21-5)14(20)22-15(2,3)4/h6,12-13,17H,7-9H2,1-5H3,(H,16,18)/t12?,13-/m0/s1. The molecule has 0 saturated carbocycles. The lowest BCUT2D eigenvalue weighted by atomic mass is 10.2. The van der Waals surface area contributed by atoms with Crippen molar-refractivity contribution in [3.63, 3.8) is 0 Å². The summed E-state index contributed by atoms with van der Waals surface area (Å²) < 4.78 is 10.9. The second kappa shape index (κ2) is 6.66. The van der Waals surface area contributed by atoms with Gasteiger partial charge in [0.2, 0.25) is 0 Å². The SMILES string of the molecule is CO[C@H]1CN(C(=O)OC(C)(C)C)CC1NCc1cnc(C)[nH]1. The largest absolute Gasteiger partial charge is 0.444 e. The molecule has 22 heavy (non-hydrogen) atoms. The van der Waals surface area contributed by atoms with E-state index >= 15 is 0 Å². The molecule has 1 aromatic rings. The van der Waals surface area contributed by atoms with Crippen LogP contribution in [0.5, 0.6) is 0 Å². The number of methoxy groups -OCH3 is 1. The number of amides is 1. The van der Waals surface area contributed by atoms with E-state index in [1.54, 1.807) is 12.0 Å². The van der Waals surface area contributed by atoms with E-state index in [0.717, 1.165) is 11.5 Å². The normalized spacial score (nSPS) is 22.1. The molecule has 1 fully saturated rings. The molecule has 7 nitrogen and oxygen atoms in total. The minimum absolute atomic E-state index is 0.0449. The van der Waals surface area contributed by atoms with Gasteiger partial charge in [-0.2, -0.15) is 0 Å². The van der Waals surface area contributed by atoms with Crippen LogP contribution >= 0.6 is 0 Å². The van der Waals surface area contributed by atoms with Crippen molar-refractivity contribution in [2.24, 2.45) is 0 Å². The molecule has 2 atom stereocenters. The van der Waals surface area contributed by atoms with E-state index in [9.17, 15) is 4.79 Å². The molecule has 0 aromatic carbocycles. The van der Waals surface area contributed by atoms with Gasteiger partial charge < -0.3 is 24.7 Å². The number of nitrogens with zero attached hydrogens (tertiary/aromatic N) is 2. The molecule has 0 bridgehead atoms. The number of aromatic amines is 1. The Labute approximate surface area is 131 Å². The van der Waals surface area contributed by atoms with Gasteiger partial charge in [-0.15, -0.1) is 0 Å². The van der Waals surface area contributed by atoms with Crippen LogP contribution in [0.3, 0.4) is 0 Å². The molecular weight excluding hydrogens is 284 g/mol. The Morgan fingerprint density at radius 2 is 2.23 bits per heavy atom. The van der Waals surface area contributed by atoms with E-state index < -0.39 is 5.60 Å². The van der Waals surface area contributed by atoms with Gasteiger partial charge in [0.25, 0.3) is 0 Å². The molecular formula is C15H26N4O3. The third-order valence-corrected chi connectivity index (χ3v) is 3.53. The lowest BCUT2D eigenvalue weighted by Gasteiger charge is -2.24. The second-order valence-electron chi connectivity index (χ2n) is 6.64. The highest BCUT2D eigenvalue weighted by molar-refractivity contribution is 5.68. The lowest BCUT2D eigenvalue weighted by molar-refractivity contribution is 0.0252. The molecule has 2 heterocycles. The van der Waals surface area contributed by atoms with E-state index in [0.29, 0.717) is 19.6 Å². The molecule has 124 valence electrons. The minimum Gasteiger partial charge on any atom is -0.444 e. The molecule has 7 heteroatoms. The number of aromatic nitrogens is 2. The van der Waals surface area contributed by atoms with E-state index in [1.807, 2.05) is 33.9 Å². The summed E-state index contributed by atoms with van der Waals surface area (Å²) in [4.78, 5) is 21.2. The van der Waals surface area contributed by atoms with Gasteiger partial charge in [0.1, 0.15) is 11.4 Å². The van der Waals surface area contributed by atoms with Crippen molar-refractivity contribution in [1.29, 1.82) is 0 Å². The van der Waals surface area contributed by atoms with Gasteiger partial charge in [0.05, 0.1) is 18.7 Å². The molecule has 2 rings (SSSR count). The number of hydrogen-bond acceptors (Lipinski definition) is 5. The summed E-state index contributed by atoms with van der Waals surface area (Å²) in [5.74, 6) is 0.891. The van der Waals surface area contributed by atoms with Gasteiger partial charge in [-0.05, 0) is 27.7 Å². The maximum absolute atomic E-state index is 12.1. The first-order chi connectivity index (χ1) is 10.3. The van der Waals surface area contributed by atoms with Crippen LogP contribution < -0.4 is 5.32 Å². The Kier molecular flexibility index (Phi) is 5.08. The van der Waals surface area contributed by atoms with Crippen molar-refractivity contribution < 1.29 is 14.3 Å². The van der Waals surface area contributed by atoms with E-state index in [2.05, 4.69) is 15.3 Å². The second-order valence-corrected chi connectivity index (χ2v) is 6.64. The Hall–Kier alpha value is -1.60. The first-order valence-corrected chi connectivity index (χ1v) is 7.53. The monoisotopic (exact) mass is 310 g/mol. The van der Waals surface area contributed by atoms with Crippen molar-refractivity contribution in [3.05, 3.63) is 17.7 Å². The number of nitrogens with one attached hydrogen (secondary N) is 2. The summed E-state index contributed by atoms with van der Waals surface area (Å²) in [7, 11) is 1.66. The average Bonchev–Trinajstić information content (AvgIpc) is 3.00. The quantitative estimate of drug-likeness (QED) is 0.880. The molecule has 1 amide bonds. The number of imidazole rings is 1. The summed E-state index contributed by atoms with van der Waals surface area (Å²) in [6, 6.07) is 0.0705. The van der Waals surface area contributed by atoms with Crippen LogP contribution in [0.25, 0.3) is 0 Å². The third kappa shape index (κ3) is 4.45. The molecule has 1 unspecified atom stereocenters. The van der Waals surface area contributed by atoms with Crippen molar-refractivity contribution in [3.8, 4) is 0 Å². The van der Waals surface area contributed by atoms with E-state index in [1.165, 1.54) is 0 Å². The fourth-order valence-corrected chi connectivity index (χ4v) is 2.49. The number of aryl methyl sites for hydroxylation is 1. The molecule has 2 N–H and O–H groups in total. The first-order valence-electron chi connectivity index (χ1n) is 7.53. The van der Waals surface area contributed by atoms with Crippen LogP contribution in [0.2, 0.25) is 0 Å². The number of H-pyrrole nitrogens is 1. The summed E-state index contributed by atoms with van der Waals surface area (Å²) >= 11 is 0. The van der Waals surface area contributed by atoms with Crippen LogP contribution in [0.15, 0.2) is 6.20 Å². The Bertz CT molecular complexity index is 509.